The van der Waals surface area contributed by atoms with Crippen LogP contribution in [0.4, 0.5) is 0 Å². The molecule has 0 aromatic heterocycles. The molecule has 0 spiro atoms. The summed E-state index contributed by atoms with van der Waals surface area (Å²) in [6.07, 6.45) is 15.7. The summed E-state index contributed by atoms with van der Waals surface area (Å²) in [5.74, 6) is 0. The summed E-state index contributed by atoms with van der Waals surface area (Å²) in [4.78, 5) is 0. The second kappa shape index (κ2) is 59.1. The van der Waals surface area contributed by atoms with Gasteiger partial charge in [-0.05, 0) is 6.42 Å². The number of rotatable bonds is 69. The van der Waals surface area contributed by atoms with Gasteiger partial charge in [0, 0.05) is 5.41 Å². The maximum Gasteiger partial charge on any atom is 0.105 e. The molecule has 0 aliphatic carbocycles. The molecule has 0 saturated carbocycles. The third-order valence-corrected chi connectivity index (χ3v) is 11.1. The molecule has 0 saturated heterocycles. The molecule has 0 bridgehead atoms. The van der Waals surface area contributed by atoms with Crippen LogP contribution >= 0.6 is 0 Å². The second-order valence-electron chi connectivity index (χ2n) is 18.5. The normalized spacial score (nSPS) is 15.1. The molecule has 0 heterocycles. The van der Waals surface area contributed by atoms with Gasteiger partial charge in [0.25, 0.3) is 0 Å². The lowest BCUT2D eigenvalue weighted by molar-refractivity contribution is -0.138. The van der Waals surface area contributed by atoms with Gasteiger partial charge in [-0.25, -0.2) is 0 Å². The molecular weight excluding hydrogens is 1060 g/mol. The molecule has 0 aliphatic rings. The van der Waals surface area contributed by atoms with Crippen LogP contribution in [0.15, 0.2) is 139 Å². The molecule has 0 aliphatic heterocycles. The first kappa shape index (κ1) is 78.4. The van der Waals surface area contributed by atoms with Crippen molar-refractivity contribution in [1.29, 1.82) is 0 Å². The fraction of sp³-hybridized carbons (Fsp3) is 0.651. The van der Waals surface area contributed by atoms with Gasteiger partial charge in [-0.1, -0.05) is 73.8 Å². The molecule has 19 nitrogen and oxygen atoms in total. The van der Waals surface area contributed by atoms with Crippen LogP contribution in [-0.2, 0) is 90.0 Å². The minimum absolute atomic E-state index is 0.147. The van der Waals surface area contributed by atoms with Crippen molar-refractivity contribution in [1.82, 2.24) is 0 Å². The number of hydrogen-bond donors (Lipinski definition) is 0. The van der Waals surface area contributed by atoms with Crippen LogP contribution in [0, 0.1) is 5.41 Å². The maximum absolute atomic E-state index is 6.56. The topological polar surface area (TPSA) is 175 Å². The summed E-state index contributed by atoms with van der Waals surface area (Å²) in [6.45, 7) is 51.6. The highest BCUT2D eigenvalue weighted by atomic mass is 16.6. The van der Waals surface area contributed by atoms with E-state index >= 15 is 0 Å². The summed E-state index contributed by atoms with van der Waals surface area (Å²) >= 11 is 0. The molecule has 19 heteroatoms. The Kier molecular flexibility index (Phi) is 56.5. The molecule has 0 N–H and O–H groups in total. The fourth-order valence-corrected chi connectivity index (χ4v) is 6.92. The van der Waals surface area contributed by atoms with Crippen LogP contribution in [0.1, 0.15) is 13.3 Å². The predicted molar refractivity (Wildman–Crippen MR) is 322 cm³/mol. The van der Waals surface area contributed by atoms with E-state index in [9.17, 15) is 0 Å². The molecule has 472 valence electrons. The van der Waals surface area contributed by atoms with E-state index in [0.29, 0.717) is 85.7 Å². The third kappa shape index (κ3) is 45.8. The van der Waals surface area contributed by atoms with Gasteiger partial charge in [0.05, 0.1) is 198 Å². The zero-order valence-electron chi connectivity index (χ0n) is 49.9. The lowest BCUT2D eigenvalue weighted by Crippen LogP contribution is -2.41. The summed E-state index contributed by atoms with van der Waals surface area (Å²) in [6, 6.07) is 0. The van der Waals surface area contributed by atoms with Gasteiger partial charge in [-0.2, -0.15) is 0 Å². The third-order valence-electron chi connectivity index (χ3n) is 11.1. The summed E-state index contributed by atoms with van der Waals surface area (Å²) in [7, 11) is 0. The maximum atomic E-state index is 6.56. The van der Waals surface area contributed by atoms with Gasteiger partial charge in [-0.3, -0.25) is 0 Å². The van der Waals surface area contributed by atoms with Crippen molar-refractivity contribution in [2.75, 3.05) is 198 Å². The van der Waals surface area contributed by atoms with E-state index in [2.05, 4.69) is 79.3 Å². The molecule has 0 aromatic rings. The first-order chi connectivity index (χ1) is 40.2. The molecule has 0 rings (SSSR count). The molecule has 0 fully saturated rings. The minimum atomic E-state index is -0.666. The van der Waals surface area contributed by atoms with Gasteiger partial charge in [0.2, 0.25) is 0 Å². The largest absolute Gasteiger partial charge is 0.378 e. The highest BCUT2D eigenvalue weighted by molar-refractivity contribution is 4.81. The molecule has 0 aromatic carbocycles. The summed E-state index contributed by atoms with van der Waals surface area (Å²) in [5.41, 5.74) is -0.666. The molecule has 82 heavy (non-hydrogen) atoms. The standard InChI is InChI=1S/C63H106O19/c1-13-25-64-36-55(75-30-18-6)41-69-43-57(77-32-20-8)47-72-52-63(24-12,54-74-49-59(38-66-27-15-3)81-50-61(79-34-22-10)39-67-28-16-4)53-73-48-58(78-33-21-9)44-71-46-60(82-51-62(80-35-23-11)40-68-29-17-5)45-70-42-56(76-31-19-7)37-65-26-14-2/h13-23,55-62H,1-11,24-54H2,12H3. The zero-order chi connectivity index (χ0) is 60.3. The lowest BCUT2D eigenvalue weighted by atomic mass is 9.88. The van der Waals surface area contributed by atoms with Gasteiger partial charge >= 0.3 is 0 Å². The van der Waals surface area contributed by atoms with Crippen molar-refractivity contribution >= 4 is 0 Å². The number of ether oxygens (including phenoxy) is 19. The van der Waals surface area contributed by atoms with Crippen molar-refractivity contribution in [2.45, 2.75) is 62.2 Å². The van der Waals surface area contributed by atoms with E-state index in [4.69, 9.17) is 90.0 Å². The monoisotopic (exact) mass is 1170 g/mol. The Hall–Kier alpha value is -3.62. The Morgan fingerprint density at radius 1 is 0.220 bits per heavy atom. The van der Waals surface area contributed by atoms with Crippen molar-refractivity contribution < 1.29 is 90.0 Å². The molecule has 9 unspecified atom stereocenters. The Morgan fingerprint density at radius 2 is 0.390 bits per heavy atom. The fourth-order valence-electron chi connectivity index (χ4n) is 6.92. The Balaban J connectivity index is 6.54. The van der Waals surface area contributed by atoms with Crippen LogP contribution in [-0.4, -0.2) is 247 Å². The van der Waals surface area contributed by atoms with Gasteiger partial charge in [0.15, 0.2) is 0 Å². The van der Waals surface area contributed by atoms with Gasteiger partial charge in [0.1, 0.15) is 48.8 Å². The molecule has 0 radical (unpaired) electrons. The summed E-state index contributed by atoms with van der Waals surface area (Å²) < 4.78 is 115. The molecular formula is C63H106O19. The van der Waals surface area contributed by atoms with E-state index in [-0.39, 0.29) is 137 Å². The second-order valence-corrected chi connectivity index (χ2v) is 18.5. The molecule has 9 atom stereocenters. The average molecular weight is 1170 g/mol. The van der Waals surface area contributed by atoms with Crippen LogP contribution in [0.3, 0.4) is 0 Å². The van der Waals surface area contributed by atoms with Crippen molar-refractivity contribution in [2.24, 2.45) is 5.41 Å². The smallest absolute Gasteiger partial charge is 0.105 e. The van der Waals surface area contributed by atoms with E-state index < -0.39 is 35.9 Å². The highest BCUT2D eigenvalue weighted by Crippen LogP contribution is 2.25. The van der Waals surface area contributed by atoms with E-state index in [1.165, 1.54) is 0 Å². The van der Waals surface area contributed by atoms with Gasteiger partial charge < -0.3 is 90.0 Å². The van der Waals surface area contributed by atoms with Crippen molar-refractivity contribution in [3.8, 4) is 0 Å². The van der Waals surface area contributed by atoms with E-state index in [1.54, 1.807) is 66.8 Å². The zero-order valence-corrected chi connectivity index (χ0v) is 49.9. The quantitative estimate of drug-likeness (QED) is 0.0428. The number of hydrogen-bond acceptors (Lipinski definition) is 19. The van der Waals surface area contributed by atoms with Crippen molar-refractivity contribution in [3.05, 3.63) is 139 Å². The van der Waals surface area contributed by atoms with E-state index in [0.717, 1.165) is 0 Å². The van der Waals surface area contributed by atoms with Gasteiger partial charge in [-0.15, -0.1) is 72.4 Å². The van der Waals surface area contributed by atoms with E-state index in [1.807, 2.05) is 0 Å². The Labute approximate surface area is 493 Å². The minimum Gasteiger partial charge on any atom is -0.378 e. The summed E-state index contributed by atoms with van der Waals surface area (Å²) in [5, 5.41) is 0. The Bertz CT molecular complexity index is 1580. The Morgan fingerprint density at radius 3 is 0.585 bits per heavy atom. The first-order valence-corrected chi connectivity index (χ1v) is 28.2. The SMILES string of the molecule is C=CCOCC(COCC(COCC(CC)(COCC(COCC(COCC(COCC=C)OCC=C)OCC(COCC=C)OCC=C)OCC=C)COCC(COCC=C)OCC(COCC=C)OCC=C)OCC=C)OCC=C. The first-order valence-electron chi connectivity index (χ1n) is 28.2. The molecule has 0 amide bonds. The average Bonchev–Trinajstić information content (AvgIpc) is 3.52. The van der Waals surface area contributed by atoms with Crippen LogP contribution in [0.5, 0.6) is 0 Å². The van der Waals surface area contributed by atoms with Crippen molar-refractivity contribution in [3.63, 3.8) is 0 Å². The van der Waals surface area contributed by atoms with Crippen LogP contribution in [0.2, 0.25) is 0 Å². The highest BCUT2D eigenvalue weighted by Gasteiger charge is 2.32. The lowest BCUT2D eigenvalue weighted by Gasteiger charge is -2.34. The predicted octanol–water partition coefficient (Wildman–Crippen LogP) is 7.69. The van der Waals surface area contributed by atoms with Crippen LogP contribution < -0.4 is 0 Å². The van der Waals surface area contributed by atoms with Crippen LogP contribution in [0.25, 0.3) is 0 Å².